The number of hydrogen-bond donors (Lipinski definition) is 2. The minimum atomic E-state index is -4.38. The number of nitrogens with two attached hydrogens (primary N) is 1. The number of unbranched alkanes of at least 4 members (excludes halogenated alkanes) is 20. The molecule has 0 aromatic rings. The molecule has 10 heteroatoms. The zero-order chi connectivity index (χ0) is 38.2. The van der Waals surface area contributed by atoms with Crippen molar-refractivity contribution in [1.29, 1.82) is 0 Å². The quantitative estimate of drug-likeness (QED) is 0.0272. The molecule has 0 heterocycles. The summed E-state index contributed by atoms with van der Waals surface area (Å²) in [4.78, 5) is 34.8. The molecule has 0 aliphatic rings. The molecule has 0 aromatic carbocycles. The van der Waals surface area contributed by atoms with Crippen molar-refractivity contribution in [2.75, 3.05) is 26.4 Å². The average Bonchev–Trinajstić information content (AvgIpc) is 3.13. The number of carbonyl (C=O) groups excluding carboxylic acids is 2. The highest BCUT2D eigenvalue weighted by Gasteiger charge is 2.26. The van der Waals surface area contributed by atoms with Gasteiger partial charge in [0.2, 0.25) is 0 Å². The van der Waals surface area contributed by atoms with Crippen LogP contribution < -0.4 is 5.73 Å². The molecule has 0 aliphatic carbocycles. The first-order chi connectivity index (χ1) is 25.3. The summed E-state index contributed by atoms with van der Waals surface area (Å²) in [7, 11) is -4.38. The van der Waals surface area contributed by atoms with E-state index in [0.29, 0.717) is 6.42 Å². The molecule has 0 aliphatic heterocycles. The fourth-order valence-electron chi connectivity index (χ4n) is 5.64. The predicted octanol–water partition coefficient (Wildman–Crippen LogP) is 11.8. The van der Waals surface area contributed by atoms with E-state index in [-0.39, 0.29) is 38.6 Å². The number of allylic oxidation sites excluding steroid dienone is 6. The van der Waals surface area contributed by atoms with E-state index in [0.717, 1.165) is 70.6 Å². The summed E-state index contributed by atoms with van der Waals surface area (Å²) in [5.74, 6) is -0.841. The molecule has 0 radical (unpaired) electrons. The first-order valence-corrected chi connectivity index (χ1v) is 22.5. The lowest BCUT2D eigenvalue weighted by atomic mass is 10.0. The lowest BCUT2D eigenvalue weighted by Gasteiger charge is -2.19. The van der Waals surface area contributed by atoms with Crippen LogP contribution in [0.25, 0.3) is 0 Å². The number of carbonyl (C=O) groups is 2. The van der Waals surface area contributed by atoms with Crippen molar-refractivity contribution in [3.8, 4) is 0 Å². The van der Waals surface area contributed by atoms with Crippen molar-refractivity contribution in [3.63, 3.8) is 0 Å². The van der Waals surface area contributed by atoms with Crippen molar-refractivity contribution in [1.82, 2.24) is 0 Å². The topological polar surface area (TPSA) is 134 Å². The fraction of sp³-hybridized carbons (Fsp3) is 0.810. The van der Waals surface area contributed by atoms with Gasteiger partial charge in [-0.2, -0.15) is 0 Å². The van der Waals surface area contributed by atoms with Crippen LogP contribution in [0.15, 0.2) is 36.5 Å². The first-order valence-electron chi connectivity index (χ1n) is 21.0. The lowest BCUT2D eigenvalue weighted by Crippen LogP contribution is -2.29. The number of phosphoric acid groups is 1. The highest BCUT2D eigenvalue weighted by atomic mass is 31.2. The predicted molar refractivity (Wildman–Crippen MR) is 215 cm³/mol. The van der Waals surface area contributed by atoms with Crippen molar-refractivity contribution in [3.05, 3.63) is 36.5 Å². The van der Waals surface area contributed by atoms with E-state index in [4.69, 9.17) is 24.3 Å². The fourth-order valence-corrected chi connectivity index (χ4v) is 6.41. The smallest absolute Gasteiger partial charge is 0.462 e. The number of esters is 2. The third kappa shape index (κ3) is 38.0. The van der Waals surface area contributed by atoms with Crippen molar-refractivity contribution >= 4 is 19.8 Å². The van der Waals surface area contributed by atoms with Gasteiger partial charge in [-0.25, -0.2) is 4.57 Å². The third-order valence-corrected chi connectivity index (χ3v) is 9.76. The van der Waals surface area contributed by atoms with Gasteiger partial charge in [0.05, 0.1) is 13.2 Å². The van der Waals surface area contributed by atoms with E-state index in [1.165, 1.54) is 83.5 Å². The molecular formula is C42H78NO8P. The standard InChI is InChI=1S/C42H78NO8P/c1-3-5-7-9-11-13-15-17-18-19-20-21-22-23-25-27-29-31-33-35-42(45)51-40(39-50-52(46,47)49-37-36-43)38-48-41(44)34-32-30-28-26-24-16-14-12-10-8-6-4-2/h11,13,17-18,20-21,40H,3-10,12,14-16,19,22-39,43H2,1-2H3,(H,46,47)/b13-11-,18-17-,21-20-. The molecule has 2 unspecified atom stereocenters. The highest BCUT2D eigenvalue weighted by molar-refractivity contribution is 7.47. The molecule has 0 amide bonds. The van der Waals surface area contributed by atoms with Gasteiger partial charge in [0.1, 0.15) is 6.61 Å². The minimum Gasteiger partial charge on any atom is -0.462 e. The van der Waals surface area contributed by atoms with E-state index in [1.807, 2.05) is 0 Å². The molecule has 0 bridgehead atoms. The monoisotopic (exact) mass is 756 g/mol. The molecule has 0 saturated carbocycles. The maximum Gasteiger partial charge on any atom is 0.472 e. The Kier molecular flexibility index (Phi) is 37.6. The first kappa shape index (κ1) is 50.2. The molecule has 52 heavy (non-hydrogen) atoms. The van der Waals surface area contributed by atoms with Gasteiger partial charge in [0.25, 0.3) is 0 Å². The van der Waals surface area contributed by atoms with Gasteiger partial charge < -0.3 is 20.1 Å². The molecule has 2 atom stereocenters. The Morgan fingerprint density at radius 2 is 1.00 bits per heavy atom. The number of hydrogen-bond acceptors (Lipinski definition) is 8. The van der Waals surface area contributed by atoms with Gasteiger partial charge in [-0.3, -0.25) is 18.6 Å². The summed E-state index contributed by atoms with van der Waals surface area (Å²) in [6, 6.07) is 0. The molecule has 9 nitrogen and oxygen atoms in total. The SMILES string of the molecule is CCCCC/C=C\C/C=C\C/C=C\CCCCCCCCC(=O)OC(COC(=O)CCCCCCCCCCCCCC)COP(=O)(O)OCCN. The summed E-state index contributed by atoms with van der Waals surface area (Å²) in [6.45, 7) is 3.69. The van der Waals surface area contributed by atoms with Crippen molar-refractivity contribution < 1.29 is 37.6 Å². The lowest BCUT2D eigenvalue weighted by molar-refractivity contribution is -0.161. The molecule has 0 aromatic heterocycles. The van der Waals surface area contributed by atoms with Crippen LogP contribution >= 0.6 is 7.82 Å². The van der Waals surface area contributed by atoms with Crippen molar-refractivity contribution in [2.45, 2.75) is 193 Å². The molecule has 3 N–H and O–H groups in total. The molecule has 0 saturated heterocycles. The molecule has 0 spiro atoms. The number of ether oxygens (including phenoxy) is 2. The summed E-state index contributed by atoms with van der Waals surface area (Å²) < 4.78 is 32.7. The van der Waals surface area contributed by atoms with Crippen LogP contribution in [0.2, 0.25) is 0 Å². The molecular weight excluding hydrogens is 677 g/mol. The van der Waals surface area contributed by atoms with Crippen molar-refractivity contribution in [2.24, 2.45) is 5.73 Å². The Morgan fingerprint density at radius 1 is 0.577 bits per heavy atom. The Balaban J connectivity index is 4.18. The van der Waals surface area contributed by atoms with Crippen LogP contribution in [0.5, 0.6) is 0 Å². The van der Waals surface area contributed by atoms with E-state index in [2.05, 4.69) is 50.3 Å². The third-order valence-electron chi connectivity index (χ3n) is 8.78. The second kappa shape index (κ2) is 38.9. The van der Waals surface area contributed by atoms with Crippen LogP contribution in [0.3, 0.4) is 0 Å². The summed E-state index contributed by atoms with van der Waals surface area (Å²) in [6.07, 6.45) is 41.7. The summed E-state index contributed by atoms with van der Waals surface area (Å²) >= 11 is 0. The maximum absolute atomic E-state index is 12.6. The van der Waals surface area contributed by atoms with Crippen LogP contribution in [0, 0.1) is 0 Å². The Labute approximate surface area is 318 Å². The zero-order valence-corrected chi connectivity index (χ0v) is 34.2. The van der Waals surface area contributed by atoms with Crippen LogP contribution in [-0.2, 0) is 32.7 Å². The van der Waals surface area contributed by atoms with Gasteiger partial charge in [-0.05, 0) is 51.4 Å². The minimum absolute atomic E-state index is 0.0513. The second-order valence-corrected chi connectivity index (χ2v) is 15.3. The zero-order valence-electron chi connectivity index (χ0n) is 33.3. The van der Waals surface area contributed by atoms with E-state index < -0.39 is 26.5 Å². The Bertz CT molecular complexity index is 954. The largest absolute Gasteiger partial charge is 0.472 e. The molecule has 0 fully saturated rings. The number of phosphoric ester groups is 1. The van der Waals surface area contributed by atoms with Gasteiger partial charge in [-0.1, -0.05) is 159 Å². The summed E-state index contributed by atoms with van der Waals surface area (Å²) in [5.41, 5.74) is 5.34. The second-order valence-electron chi connectivity index (χ2n) is 13.9. The van der Waals surface area contributed by atoms with Crippen LogP contribution in [0.4, 0.5) is 0 Å². The maximum atomic E-state index is 12.6. The normalized spacial score (nSPS) is 13.7. The van der Waals surface area contributed by atoms with Crippen LogP contribution in [0.1, 0.15) is 187 Å². The van der Waals surface area contributed by atoms with Gasteiger partial charge in [0, 0.05) is 19.4 Å². The highest BCUT2D eigenvalue weighted by Crippen LogP contribution is 2.43. The van der Waals surface area contributed by atoms with Gasteiger partial charge in [0.15, 0.2) is 6.10 Å². The average molecular weight is 756 g/mol. The number of rotatable bonds is 39. The Hall–Kier alpha value is -1.77. The van der Waals surface area contributed by atoms with Gasteiger partial charge in [-0.15, -0.1) is 0 Å². The van der Waals surface area contributed by atoms with E-state index >= 15 is 0 Å². The Morgan fingerprint density at radius 3 is 1.52 bits per heavy atom. The van der Waals surface area contributed by atoms with E-state index in [9.17, 15) is 19.0 Å². The van der Waals surface area contributed by atoms with Crippen LogP contribution in [-0.4, -0.2) is 49.3 Å². The molecule has 0 rings (SSSR count). The molecule has 304 valence electrons. The van der Waals surface area contributed by atoms with Gasteiger partial charge >= 0.3 is 19.8 Å². The van der Waals surface area contributed by atoms with E-state index in [1.54, 1.807) is 0 Å². The summed E-state index contributed by atoms with van der Waals surface area (Å²) in [5, 5.41) is 0.